The van der Waals surface area contributed by atoms with E-state index in [0.717, 1.165) is 0 Å². The lowest BCUT2D eigenvalue weighted by atomic mass is 10.2. The normalized spacial score (nSPS) is 10.5. The Morgan fingerprint density at radius 2 is 1.88 bits per heavy atom. The molecule has 2 amide bonds. The van der Waals surface area contributed by atoms with Crippen molar-refractivity contribution in [2.75, 3.05) is 11.9 Å². The number of nitrogens with zero attached hydrogens (tertiary/aromatic N) is 1. The average Bonchev–Trinajstić information content (AvgIpc) is 2.57. The Balaban J connectivity index is 1.57. The summed E-state index contributed by atoms with van der Waals surface area (Å²) in [6.45, 7) is 0.348. The third-order valence-corrected chi connectivity index (χ3v) is 3.66. The second-order valence-electron chi connectivity index (χ2n) is 5.17. The molecule has 0 atom stereocenters. The smallest absolute Gasteiger partial charge is 0.319 e. The topological polar surface area (TPSA) is 86.9 Å². The standard InChI is InChI=1S/C17H15ClN4O2/c18-11-5-7-12(8-6-11)20-17(24)19-10-9-15-21-14-4-2-1-3-13(14)16(23)22-15/h1-8H,9-10H2,(H2,19,20,24)(H,21,22,23). The molecule has 1 aromatic heterocycles. The van der Waals surface area contributed by atoms with Crippen LogP contribution in [0.3, 0.4) is 0 Å². The van der Waals surface area contributed by atoms with Crippen molar-refractivity contribution < 1.29 is 4.79 Å². The molecule has 3 aromatic rings. The Bertz CT molecular complexity index is 922. The molecule has 0 aliphatic heterocycles. The Kier molecular flexibility index (Phi) is 4.77. The number of fused-ring (bicyclic) bond motifs is 1. The highest BCUT2D eigenvalue weighted by atomic mass is 35.5. The van der Waals surface area contributed by atoms with Gasteiger partial charge in [-0.25, -0.2) is 9.78 Å². The summed E-state index contributed by atoms with van der Waals surface area (Å²) in [4.78, 5) is 30.9. The number of aromatic amines is 1. The molecule has 0 saturated carbocycles. The number of urea groups is 1. The number of para-hydroxylation sites is 1. The van der Waals surface area contributed by atoms with Gasteiger partial charge in [0, 0.05) is 23.7 Å². The van der Waals surface area contributed by atoms with Crippen LogP contribution >= 0.6 is 11.6 Å². The molecule has 1 heterocycles. The van der Waals surface area contributed by atoms with Crippen molar-refractivity contribution in [3.05, 3.63) is 69.7 Å². The second kappa shape index (κ2) is 7.14. The maximum absolute atomic E-state index is 12.0. The van der Waals surface area contributed by atoms with E-state index in [1.54, 1.807) is 42.5 Å². The highest BCUT2D eigenvalue weighted by molar-refractivity contribution is 6.30. The lowest BCUT2D eigenvalue weighted by Crippen LogP contribution is -2.31. The fraction of sp³-hybridized carbons (Fsp3) is 0.118. The van der Waals surface area contributed by atoms with Gasteiger partial charge in [0.15, 0.2) is 0 Å². The number of benzene rings is 2. The lowest BCUT2D eigenvalue weighted by molar-refractivity contribution is 0.252. The zero-order valence-electron chi connectivity index (χ0n) is 12.7. The number of hydrogen-bond donors (Lipinski definition) is 3. The van der Waals surface area contributed by atoms with Crippen LogP contribution in [0, 0.1) is 0 Å². The van der Waals surface area contributed by atoms with Gasteiger partial charge in [-0.15, -0.1) is 0 Å². The van der Waals surface area contributed by atoms with Gasteiger partial charge in [-0.1, -0.05) is 23.7 Å². The van der Waals surface area contributed by atoms with Gasteiger partial charge in [0.2, 0.25) is 0 Å². The maximum Gasteiger partial charge on any atom is 0.319 e. The number of nitrogens with one attached hydrogen (secondary N) is 3. The second-order valence-corrected chi connectivity index (χ2v) is 5.60. The van der Waals surface area contributed by atoms with Gasteiger partial charge < -0.3 is 15.6 Å². The molecule has 0 aliphatic rings. The van der Waals surface area contributed by atoms with Crippen LogP contribution in [-0.2, 0) is 6.42 Å². The zero-order chi connectivity index (χ0) is 16.9. The number of carbonyl (C=O) groups excluding carboxylic acids is 1. The van der Waals surface area contributed by atoms with Crippen LogP contribution < -0.4 is 16.2 Å². The summed E-state index contributed by atoms with van der Waals surface area (Å²) in [5.74, 6) is 0.533. The van der Waals surface area contributed by atoms with Crippen LogP contribution in [0.5, 0.6) is 0 Å². The molecule has 0 spiro atoms. The predicted octanol–water partition coefficient (Wildman–Crippen LogP) is 2.94. The van der Waals surface area contributed by atoms with Crippen LogP contribution in [0.15, 0.2) is 53.3 Å². The number of hydrogen-bond acceptors (Lipinski definition) is 3. The third-order valence-electron chi connectivity index (χ3n) is 3.41. The molecule has 122 valence electrons. The van der Waals surface area contributed by atoms with Gasteiger partial charge in [-0.3, -0.25) is 4.79 Å². The molecule has 2 aromatic carbocycles. The number of rotatable bonds is 4. The maximum atomic E-state index is 12.0. The van der Waals surface area contributed by atoms with Crippen molar-refractivity contribution in [1.29, 1.82) is 0 Å². The molecule has 3 rings (SSSR count). The number of H-pyrrole nitrogens is 1. The Hall–Kier alpha value is -2.86. The van der Waals surface area contributed by atoms with Crippen molar-refractivity contribution in [2.24, 2.45) is 0 Å². The summed E-state index contributed by atoms with van der Waals surface area (Å²) in [6, 6.07) is 13.6. The van der Waals surface area contributed by atoms with Crippen molar-refractivity contribution >= 4 is 34.2 Å². The van der Waals surface area contributed by atoms with Crippen molar-refractivity contribution in [3.8, 4) is 0 Å². The van der Waals surface area contributed by atoms with Crippen molar-refractivity contribution in [1.82, 2.24) is 15.3 Å². The van der Waals surface area contributed by atoms with E-state index in [-0.39, 0.29) is 11.6 Å². The molecular formula is C17H15ClN4O2. The molecule has 24 heavy (non-hydrogen) atoms. The fourth-order valence-corrected chi connectivity index (χ4v) is 2.38. The monoisotopic (exact) mass is 342 g/mol. The van der Waals surface area contributed by atoms with Gasteiger partial charge in [0.25, 0.3) is 5.56 Å². The highest BCUT2D eigenvalue weighted by Gasteiger charge is 2.05. The first-order chi connectivity index (χ1) is 11.6. The SMILES string of the molecule is O=C(NCCc1nc2ccccc2c(=O)[nH]1)Nc1ccc(Cl)cc1. The summed E-state index contributed by atoms with van der Waals surface area (Å²) in [5.41, 5.74) is 1.11. The summed E-state index contributed by atoms with van der Waals surface area (Å²) in [6.07, 6.45) is 0.425. The van der Waals surface area contributed by atoms with E-state index in [1.807, 2.05) is 6.07 Å². The van der Waals surface area contributed by atoms with Crippen molar-refractivity contribution in [3.63, 3.8) is 0 Å². The lowest BCUT2D eigenvalue weighted by Gasteiger charge is -2.08. The molecule has 0 saturated heterocycles. The number of halogens is 1. The molecule has 0 aliphatic carbocycles. The first-order valence-corrected chi connectivity index (χ1v) is 7.78. The van der Waals surface area contributed by atoms with Gasteiger partial charge in [-0.05, 0) is 36.4 Å². The zero-order valence-corrected chi connectivity index (χ0v) is 13.4. The van der Waals surface area contributed by atoms with Crippen LogP contribution in [0.2, 0.25) is 5.02 Å². The molecule has 0 radical (unpaired) electrons. The minimum atomic E-state index is -0.333. The van der Waals surface area contributed by atoms with Gasteiger partial charge in [0.05, 0.1) is 10.9 Å². The van der Waals surface area contributed by atoms with Crippen LogP contribution in [-0.4, -0.2) is 22.5 Å². The largest absolute Gasteiger partial charge is 0.337 e. The van der Waals surface area contributed by atoms with Crippen LogP contribution in [0.4, 0.5) is 10.5 Å². The first-order valence-electron chi connectivity index (χ1n) is 7.40. The van der Waals surface area contributed by atoms with E-state index in [4.69, 9.17) is 11.6 Å². The quantitative estimate of drug-likeness (QED) is 0.681. The number of aromatic nitrogens is 2. The summed E-state index contributed by atoms with van der Waals surface area (Å²) < 4.78 is 0. The average molecular weight is 343 g/mol. The van der Waals surface area contributed by atoms with E-state index in [1.165, 1.54) is 0 Å². The first kappa shape index (κ1) is 16.0. The summed E-state index contributed by atoms with van der Waals surface area (Å²) in [7, 11) is 0. The predicted molar refractivity (Wildman–Crippen MR) is 94.5 cm³/mol. The molecule has 6 nitrogen and oxygen atoms in total. The minimum Gasteiger partial charge on any atom is -0.337 e. The number of carbonyl (C=O) groups is 1. The highest BCUT2D eigenvalue weighted by Crippen LogP contribution is 2.13. The Morgan fingerprint density at radius 3 is 2.67 bits per heavy atom. The van der Waals surface area contributed by atoms with Gasteiger partial charge in [-0.2, -0.15) is 0 Å². The van der Waals surface area contributed by atoms with Crippen LogP contribution in [0.1, 0.15) is 5.82 Å². The van der Waals surface area contributed by atoms with E-state index in [0.29, 0.717) is 40.4 Å². The minimum absolute atomic E-state index is 0.179. The van der Waals surface area contributed by atoms with E-state index in [9.17, 15) is 9.59 Å². The summed E-state index contributed by atoms with van der Waals surface area (Å²) in [5, 5.41) is 6.57. The molecule has 3 N–H and O–H groups in total. The Morgan fingerprint density at radius 1 is 1.12 bits per heavy atom. The summed E-state index contributed by atoms with van der Waals surface area (Å²) >= 11 is 5.79. The molecular weight excluding hydrogens is 328 g/mol. The Labute approximate surface area is 142 Å². The van der Waals surface area contributed by atoms with Gasteiger partial charge in [0.1, 0.15) is 5.82 Å². The van der Waals surface area contributed by atoms with E-state index < -0.39 is 0 Å². The van der Waals surface area contributed by atoms with Gasteiger partial charge >= 0.3 is 6.03 Å². The number of anilines is 1. The van der Waals surface area contributed by atoms with E-state index >= 15 is 0 Å². The molecule has 7 heteroatoms. The fourth-order valence-electron chi connectivity index (χ4n) is 2.26. The third kappa shape index (κ3) is 3.91. The number of amides is 2. The molecule has 0 unspecified atom stereocenters. The van der Waals surface area contributed by atoms with Crippen LogP contribution in [0.25, 0.3) is 10.9 Å². The molecule has 0 bridgehead atoms. The molecule has 0 fully saturated rings. The van der Waals surface area contributed by atoms with Crippen molar-refractivity contribution in [2.45, 2.75) is 6.42 Å². The van der Waals surface area contributed by atoms with E-state index in [2.05, 4.69) is 20.6 Å².